The number of primary amides is 1. The number of rotatable bonds is 13. The van der Waals surface area contributed by atoms with Gasteiger partial charge in [0.05, 0.1) is 38.9 Å². The molecule has 3 rings (SSSR count). The number of allylic oxidation sites excluding steroid dienone is 1. The van der Waals surface area contributed by atoms with Gasteiger partial charge >= 0.3 is 0 Å². The lowest BCUT2D eigenvalue weighted by Gasteiger charge is -2.50. The van der Waals surface area contributed by atoms with Crippen LogP contribution in [0.4, 0.5) is 9.52 Å². The highest BCUT2D eigenvalue weighted by molar-refractivity contribution is 8.00. The molecule has 0 aliphatic carbocycles. The molecule has 2 atom stereocenters. The maximum absolute atomic E-state index is 13.0. The Hall–Kier alpha value is -3.83. The van der Waals surface area contributed by atoms with Crippen LogP contribution < -0.4 is 21.9 Å². The number of carbonyl (C=O) groups is 4. The van der Waals surface area contributed by atoms with E-state index in [1.165, 1.54) is 17.8 Å². The minimum atomic E-state index is -1.53. The second kappa shape index (κ2) is 12.8. The number of oxime groups is 1. The number of nitrogen functional groups attached to an aromatic ring is 1. The Kier molecular flexibility index (Phi) is 9.76. The number of carboxylic acids is 1. The fraction of sp³-hybridized carbons (Fsp3) is 0.409. The van der Waals surface area contributed by atoms with E-state index in [0.717, 1.165) is 16.4 Å². The number of β-lactam (4-membered cyclic amide) rings is 1. The molecule has 210 valence electrons. The van der Waals surface area contributed by atoms with E-state index in [1.54, 1.807) is 18.2 Å². The fourth-order valence-corrected chi connectivity index (χ4v) is 5.39. The Labute approximate surface area is 231 Å². The first-order chi connectivity index (χ1) is 18.4. The zero-order valence-corrected chi connectivity index (χ0v) is 22.7. The molecule has 2 aliphatic rings. The molecular formula is C22H27FN8O6S2. The third kappa shape index (κ3) is 7.39. The van der Waals surface area contributed by atoms with E-state index in [0.29, 0.717) is 23.1 Å². The Bertz CT molecular complexity index is 1260. The molecule has 0 unspecified atom stereocenters. The first kappa shape index (κ1) is 29.7. The lowest BCUT2D eigenvalue weighted by molar-refractivity contribution is -0.878. The van der Waals surface area contributed by atoms with Crippen LogP contribution in [0.15, 0.2) is 40.7 Å². The van der Waals surface area contributed by atoms with Crippen LogP contribution in [-0.2, 0) is 24.0 Å². The minimum Gasteiger partial charge on any atom is -0.543 e. The number of carboxylic acid groups (broad SMARTS) is 1. The van der Waals surface area contributed by atoms with Gasteiger partial charge in [-0.25, -0.2) is 4.39 Å². The fourth-order valence-electron chi connectivity index (χ4n) is 3.64. The van der Waals surface area contributed by atoms with Crippen LogP contribution in [-0.4, -0.2) is 106 Å². The van der Waals surface area contributed by atoms with Gasteiger partial charge in [-0.05, 0) is 17.7 Å². The standard InChI is InChI=1S/C22H27FN8O6S2/c1-31(2,9-4-6-13(24)32)8-3-5-12-11-38-20-15(19(34)30(20)16(12)21(35)36)26-18(33)14(28-37-10-7-23)17-27-22(25)39-29-17/h3-6,15,20H,7-11H2,1-2H3,(H5-,24,25,26,27,29,32,33,35,36)/b5-3+,6-4+,28-14-/t15-,20-/m1/s1. The first-order valence-corrected chi connectivity index (χ1v) is 13.3. The van der Waals surface area contributed by atoms with Crippen molar-refractivity contribution in [1.29, 1.82) is 0 Å². The smallest absolute Gasteiger partial charge is 0.278 e. The number of likely N-dealkylation sites (N-methyl/N-ethyl adjacent to an activating group) is 1. The molecule has 0 saturated carbocycles. The topological polar surface area (TPSA) is 206 Å². The summed E-state index contributed by atoms with van der Waals surface area (Å²) in [5, 5.41) is 17.4. The number of nitrogens with two attached hydrogens (primary N) is 2. The number of nitrogens with zero attached hydrogens (tertiary/aromatic N) is 5. The number of alkyl halides is 1. The van der Waals surface area contributed by atoms with E-state index in [1.807, 2.05) is 14.1 Å². The summed E-state index contributed by atoms with van der Waals surface area (Å²) < 4.78 is 16.8. The number of halogens is 1. The second-order valence-electron chi connectivity index (χ2n) is 8.95. The highest BCUT2D eigenvalue weighted by atomic mass is 32.2. The zero-order chi connectivity index (χ0) is 28.7. The average Bonchev–Trinajstić information content (AvgIpc) is 3.29. The first-order valence-electron chi connectivity index (χ1n) is 11.4. The van der Waals surface area contributed by atoms with Crippen molar-refractivity contribution < 1.29 is 38.0 Å². The number of thioether (sulfide) groups is 1. The zero-order valence-electron chi connectivity index (χ0n) is 21.0. The maximum atomic E-state index is 13.0. The highest BCUT2D eigenvalue weighted by Gasteiger charge is 2.53. The average molecular weight is 583 g/mol. The predicted molar refractivity (Wildman–Crippen MR) is 139 cm³/mol. The number of quaternary nitrogens is 1. The summed E-state index contributed by atoms with van der Waals surface area (Å²) in [5.74, 6) is -3.54. The summed E-state index contributed by atoms with van der Waals surface area (Å²) in [5.41, 5.74) is 10.4. The van der Waals surface area contributed by atoms with E-state index in [2.05, 4.69) is 19.8 Å². The molecule has 1 aromatic heterocycles. The molecule has 2 aliphatic heterocycles. The predicted octanol–water partition coefficient (Wildman–Crippen LogP) is -2.11. The molecule has 1 aromatic rings. The van der Waals surface area contributed by atoms with Crippen molar-refractivity contribution in [2.24, 2.45) is 10.9 Å². The number of nitrogens with one attached hydrogen (secondary N) is 1. The van der Waals surface area contributed by atoms with E-state index in [4.69, 9.17) is 16.3 Å². The summed E-state index contributed by atoms with van der Waals surface area (Å²) in [6, 6.07) is -1.07. The number of hydrogen-bond donors (Lipinski definition) is 3. The van der Waals surface area contributed by atoms with E-state index >= 15 is 0 Å². The number of hydrogen-bond acceptors (Lipinski definition) is 12. The molecule has 0 radical (unpaired) electrons. The van der Waals surface area contributed by atoms with Gasteiger partial charge in [-0.15, -0.1) is 11.8 Å². The molecule has 3 amide bonds. The van der Waals surface area contributed by atoms with Gasteiger partial charge in [0, 0.05) is 23.4 Å². The van der Waals surface area contributed by atoms with Crippen LogP contribution >= 0.6 is 23.3 Å². The van der Waals surface area contributed by atoms with Crippen LogP contribution in [0.5, 0.6) is 0 Å². The van der Waals surface area contributed by atoms with Crippen molar-refractivity contribution in [3.8, 4) is 0 Å². The van der Waals surface area contributed by atoms with Crippen LogP contribution in [0.1, 0.15) is 5.82 Å². The summed E-state index contributed by atoms with van der Waals surface area (Å²) >= 11 is 2.06. The third-order valence-corrected chi connectivity index (χ3v) is 7.32. The third-order valence-electron chi connectivity index (χ3n) is 5.47. The molecule has 5 N–H and O–H groups in total. The summed E-state index contributed by atoms with van der Waals surface area (Å²) in [4.78, 5) is 58.4. The molecule has 14 nitrogen and oxygen atoms in total. The van der Waals surface area contributed by atoms with Crippen molar-refractivity contribution in [3.63, 3.8) is 0 Å². The lowest BCUT2D eigenvalue weighted by Crippen LogP contribution is -2.71. The van der Waals surface area contributed by atoms with Crippen molar-refractivity contribution >= 4 is 57.8 Å². The molecular weight excluding hydrogens is 555 g/mol. The second-order valence-corrected chi connectivity index (χ2v) is 10.8. The summed E-state index contributed by atoms with van der Waals surface area (Å²) in [6.45, 7) is -0.260. The van der Waals surface area contributed by atoms with E-state index in [9.17, 15) is 28.7 Å². The van der Waals surface area contributed by atoms with Crippen molar-refractivity contribution in [2.45, 2.75) is 11.4 Å². The largest absolute Gasteiger partial charge is 0.543 e. The van der Waals surface area contributed by atoms with E-state index in [-0.39, 0.29) is 22.4 Å². The highest BCUT2D eigenvalue weighted by Crippen LogP contribution is 2.40. The number of aliphatic carboxylic acids is 1. The number of anilines is 1. The van der Waals surface area contributed by atoms with E-state index < -0.39 is 54.1 Å². The minimum absolute atomic E-state index is 0.0540. The van der Waals surface area contributed by atoms with Gasteiger partial charge in [0.2, 0.25) is 17.4 Å². The van der Waals surface area contributed by atoms with Gasteiger partial charge in [-0.1, -0.05) is 11.2 Å². The number of amides is 3. The Morgan fingerprint density at radius 2 is 2.05 bits per heavy atom. The van der Waals surface area contributed by atoms with Crippen molar-refractivity contribution in [3.05, 3.63) is 41.4 Å². The molecule has 1 saturated heterocycles. The number of fused-ring (bicyclic) bond motifs is 1. The molecule has 0 spiro atoms. The van der Waals surface area contributed by atoms with Crippen LogP contribution in [0.3, 0.4) is 0 Å². The van der Waals surface area contributed by atoms with Gasteiger partial charge in [0.15, 0.2) is 5.13 Å². The normalized spacial score (nSPS) is 19.8. The monoisotopic (exact) mass is 582 g/mol. The van der Waals surface area contributed by atoms with Crippen molar-refractivity contribution in [1.82, 2.24) is 19.6 Å². The van der Waals surface area contributed by atoms with Gasteiger partial charge in [-0.3, -0.25) is 19.3 Å². The van der Waals surface area contributed by atoms with Crippen LogP contribution in [0.2, 0.25) is 0 Å². The van der Waals surface area contributed by atoms with Crippen LogP contribution in [0.25, 0.3) is 0 Å². The quantitative estimate of drug-likeness (QED) is 0.0576. The molecule has 3 heterocycles. The summed E-state index contributed by atoms with van der Waals surface area (Å²) in [7, 11) is 3.83. The van der Waals surface area contributed by atoms with Crippen molar-refractivity contribution in [2.75, 3.05) is 52.0 Å². The Balaban J connectivity index is 1.73. The molecule has 0 bridgehead atoms. The summed E-state index contributed by atoms with van der Waals surface area (Å²) in [6.07, 6.45) is 6.32. The van der Waals surface area contributed by atoms with Gasteiger partial charge in [0.1, 0.15) is 24.7 Å². The number of aromatic nitrogens is 2. The van der Waals surface area contributed by atoms with Gasteiger partial charge in [-0.2, -0.15) is 9.36 Å². The van der Waals surface area contributed by atoms with Gasteiger partial charge in [0.25, 0.3) is 11.8 Å². The molecule has 39 heavy (non-hydrogen) atoms. The number of carbonyl (C=O) groups excluding carboxylic acids is 4. The lowest BCUT2D eigenvalue weighted by atomic mass is 10.0. The van der Waals surface area contributed by atoms with Gasteiger partial charge < -0.3 is 36.0 Å². The maximum Gasteiger partial charge on any atom is 0.278 e. The Morgan fingerprint density at radius 1 is 1.33 bits per heavy atom. The van der Waals surface area contributed by atoms with Crippen LogP contribution in [0, 0.1) is 0 Å². The molecule has 0 aromatic carbocycles. The molecule has 1 fully saturated rings. The Morgan fingerprint density at radius 3 is 2.67 bits per heavy atom. The SMILES string of the molecule is C[N+](C)(C/C=C/C(N)=O)C/C=C/C1=C(C(=O)[O-])N2C(=O)[C@@H](NC(=O)/C(=N\OCCF)c3nsc(N)n3)[C@H]2SC1. The molecule has 17 heteroatoms.